The van der Waals surface area contributed by atoms with E-state index in [4.69, 9.17) is 9.47 Å². The molecule has 0 saturated carbocycles. The molecule has 0 atom stereocenters. The van der Waals surface area contributed by atoms with Gasteiger partial charge in [0.2, 0.25) is 5.90 Å². The number of aliphatic imine (C=N–C) groups is 1. The molecule has 0 N–H and O–H groups in total. The van der Waals surface area contributed by atoms with Gasteiger partial charge < -0.3 is 9.47 Å². The van der Waals surface area contributed by atoms with Gasteiger partial charge in [-0.05, 0) is 74.4 Å². The molecule has 0 radical (unpaired) electrons. The molecule has 0 unspecified atom stereocenters. The lowest BCUT2D eigenvalue weighted by Gasteiger charge is -2.11. The molecule has 0 fully saturated rings. The fourth-order valence-electron chi connectivity index (χ4n) is 3.37. The predicted octanol–water partition coefficient (Wildman–Crippen LogP) is 5.71. The zero-order valence-corrected chi connectivity index (χ0v) is 18.9. The van der Waals surface area contributed by atoms with Crippen molar-refractivity contribution >= 4 is 22.8 Å². The molecule has 0 spiro atoms. The Morgan fingerprint density at radius 3 is 2.09 bits per heavy atom. The standard InChI is InChI=1S/C27H25N3O3/c1-4-32-27(30-26(31)22-11-14-24-25(17-22)29-16-15-28-24)21-7-5-19(6-8-21)20-9-12-23(13-10-20)33-18(2)3/h5-18H,4H2,1-3H3. The molecule has 4 aromatic rings. The summed E-state index contributed by atoms with van der Waals surface area (Å²) in [4.78, 5) is 25.5. The van der Waals surface area contributed by atoms with Gasteiger partial charge in [-0.1, -0.05) is 24.3 Å². The Balaban J connectivity index is 1.56. The summed E-state index contributed by atoms with van der Waals surface area (Å²) >= 11 is 0. The molecule has 0 aliphatic rings. The Bertz CT molecular complexity index is 1280. The number of nitrogens with zero attached hydrogens (tertiary/aromatic N) is 3. The molecule has 3 aromatic carbocycles. The molecule has 33 heavy (non-hydrogen) atoms. The van der Waals surface area contributed by atoms with E-state index in [1.807, 2.05) is 69.3 Å². The van der Waals surface area contributed by atoms with E-state index in [1.54, 1.807) is 30.6 Å². The molecule has 6 heteroatoms. The van der Waals surface area contributed by atoms with E-state index >= 15 is 0 Å². The second kappa shape index (κ2) is 10.0. The van der Waals surface area contributed by atoms with Crippen LogP contribution >= 0.6 is 0 Å². The third-order valence-electron chi connectivity index (χ3n) is 4.89. The van der Waals surface area contributed by atoms with Crippen molar-refractivity contribution in [1.82, 2.24) is 9.97 Å². The van der Waals surface area contributed by atoms with Gasteiger partial charge in [0.25, 0.3) is 5.91 Å². The van der Waals surface area contributed by atoms with Gasteiger partial charge in [-0.25, -0.2) is 0 Å². The Morgan fingerprint density at radius 1 is 0.848 bits per heavy atom. The molecule has 0 saturated heterocycles. The molecular formula is C27H25N3O3. The van der Waals surface area contributed by atoms with E-state index in [1.165, 1.54) is 0 Å². The predicted molar refractivity (Wildman–Crippen MR) is 130 cm³/mol. The van der Waals surface area contributed by atoms with Crippen molar-refractivity contribution in [2.75, 3.05) is 6.61 Å². The Kier molecular flexibility index (Phi) is 6.74. The smallest absolute Gasteiger partial charge is 0.280 e. The summed E-state index contributed by atoms with van der Waals surface area (Å²) in [6, 6.07) is 20.9. The molecule has 0 aliphatic carbocycles. The minimum atomic E-state index is -0.393. The quantitative estimate of drug-likeness (QED) is 0.284. The van der Waals surface area contributed by atoms with Gasteiger partial charge in [-0.3, -0.25) is 14.8 Å². The van der Waals surface area contributed by atoms with Gasteiger partial charge in [0.15, 0.2) is 0 Å². The monoisotopic (exact) mass is 439 g/mol. The maximum Gasteiger partial charge on any atom is 0.280 e. The number of carbonyl (C=O) groups is 1. The van der Waals surface area contributed by atoms with Gasteiger partial charge in [0, 0.05) is 23.5 Å². The summed E-state index contributed by atoms with van der Waals surface area (Å²) in [6.07, 6.45) is 3.35. The number of ether oxygens (including phenoxy) is 2. The van der Waals surface area contributed by atoms with Gasteiger partial charge in [-0.2, -0.15) is 4.99 Å². The number of rotatable bonds is 6. The lowest BCUT2D eigenvalue weighted by Crippen LogP contribution is -2.10. The highest BCUT2D eigenvalue weighted by atomic mass is 16.5. The fourth-order valence-corrected chi connectivity index (χ4v) is 3.37. The second-order valence-electron chi connectivity index (χ2n) is 7.68. The van der Waals surface area contributed by atoms with Crippen molar-refractivity contribution in [3.63, 3.8) is 0 Å². The lowest BCUT2D eigenvalue weighted by molar-refractivity contribution is 0.0999. The topological polar surface area (TPSA) is 73.7 Å². The van der Waals surface area contributed by atoms with E-state index < -0.39 is 5.91 Å². The fraction of sp³-hybridized carbons (Fsp3) is 0.185. The number of aromatic nitrogens is 2. The number of carbonyl (C=O) groups excluding carboxylic acids is 1. The van der Waals surface area contributed by atoms with Crippen LogP contribution in [0.5, 0.6) is 5.75 Å². The van der Waals surface area contributed by atoms with Gasteiger partial charge in [-0.15, -0.1) is 0 Å². The van der Waals surface area contributed by atoms with Crippen LogP contribution in [0.2, 0.25) is 0 Å². The van der Waals surface area contributed by atoms with Crippen LogP contribution < -0.4 is 4.74 Å². The first kappa shape index (κ1) is 22.1. The molecule has 166 valence electrons. The van der Waals surface area contributed by atoms with Crippen LogP contribution in [-0.4, -0.2) is 34.5 Å². The van der Waals surface area contributed by atoms with E-state index in [2.05, 4.69) is 15.0 Å². The summed E-state index contributed by atoms with van der Waals surface area (Å²) in [6.45, 7) is 6.26. The van der Waals surface area contributed by atoms with Crippen LogP contribution in [0.4, 0.5) is 0 Å². The zero-order chi connectivity index (χ0) is 23.2. The summed E-state index contributed by atoms with van der Waals surface area (Å²) in [5.41, 5.74) is 4.65. The Morgan fingerprint density at radius 2 is 1.45 bits per heavy atom. The number of hydrogen-bond acceptors (Lipinski definition) is 5. The largest absolute Gasteiger partial charge is 0.491 e. The number of benzene rings is 3. The van der Waals surface area contributed by atoms with Crippen LogP contribution in [0.1, 0.15) is 36.7 Å². The van der Waals surface area contributed by atoms with Crippen LogP contribution in [0.25, 0.3) is 22.2 Å². The molecule has 0 bridgehead atoms. The van der Waals surface area contributed by atoms with E-state index in [0.29, 0.717) is 17.7 Å². The maximum atomic E-state index is 12.8. The summed E-state index contributed by atoms with van der Waals surface area (Å²) in [5, 5.41) is 0. The SMILES string of the molecule is CCOC(=NC(=O)c1ccc2nccnc2c1)c1ccc(-c2ccc(OC(C)C)cc2)cc1. The summed E-state index contributed by atoms with van der Waals surface area (Å²) in [5.74, 6) is 0.735. The summed E-state index contributed by atoms with van der Waals surface area (Å²) in [7, 11) is 0. The van der Waals surface area contributed by atoms with Crippen molar-refractivity contribution in [3.05, 3.63) is 90.3 Å². The number of amides is 1. The third kappa shape index (κ3) is 5.41. The highest BCUT2D eigenvalue weighted by Gasteiger charge is 2.12. The molecule has 0 aliphatic heterocycles. The lowest BCUT2D eigenvalue weighted by atomic mass is 10.0. The minimum absolute atomic E-state index is 0.136. The maximum absolute atomic E-state index is 12.8. The van der Waals surface area contributed by atoms with Crippen molar-refractivity contribution < 1.29 is 14.3 Å². The first-order valence-electron chi connectivity index (χ1n) is 10.9. The van der Waals surface area contributed by atoms with Crippen molar-refractivity contribution in [3.8, 4) is 16.9 Å². The van der Waals surface area contributed by atoms with Crippen LogP contribution in [-0.2, 0) is 4.74 Å². The van der Waals surface area contributed by atoms with Crippen molar-refractivity contribution in [1.29, 1.82) is 0 Å². The van der Waals surface area contributed by atoms with Gasteiger partial charge in [0.1, 0.15) is 5.75 Å². The third-order valence-corrected chi connectivity index (χ3v) is 4.89. The first-order valence-corrected chi connectivity index (χ1v) is 10.9. The highest BCUT2D eigenvalue weighted by Crippen LogP contribution is 2.24. The highest BCUT2D eigenvalue weighted by molar-refractivity contribution is 6.08. The molecule has 1 aromatic heterocycles. The van der Waals surface area contributed by atoms with Crippen LogP contribution in [0.3, 0.4) is 0 Å². The Hall–Kier alpha value is -4.06. The van der Waals surface area contributed by atoms with Crippen molar-refractivity contribution in [2.24, 2.45) is 4.99 Å². The number of fused-ring (bicyclic) bond motifs is 1. The summed E-state index contributed by atoms with van der Waals surface area (Å²) < 4.78 is 11.4. The molecule has 4 rings (SSSR count). The Labute approximate surface area is 193 Å². The number of hydrogen-bond donors (Lipinski definition) is 0. The second-order valence-corrected chi connectivity index (χ2v) is 7.68. The first-order chi connectivity index (χ1) is 16.0. The molecule has 6 nitrogen and oxygen atoms in total. The molecular weight excluding hydrogens is 414 g/mol. The van der Waals surface area contributed by atoms with Crippen LogP contribution in [0, 0.1) is 0 Å². The van der Waals surface area contributed by atoms with Gasteiger partial charge >= 0.3 is 0 Å². The van der Waals surface area contributed by atoms with Crippen molar-refractivity contribution in [2.45, 2.75) is 26.9 Å². The average molecular weight is 440 g/mol. The molecule has 1 amide bonds. The van der Waals surface area contributed by atoms with E-state index in [0.717, 1.165) is 28.0 Å². The van der Waals surface area contributed by atoms with Gasteiger partial charge in [0.05, 0.1) is 23.7 Å². The zero-order valence-electron chi connectivity index (χ0n) is 18.9. The average Bonchev–Trinajstić information content (AvgIpc) is 2.83. The van der Waals surface area contributed by atoms with E-state index in [-0.39, 0.29) is 12.0 Å². The van der Waals surface area contributed by atoms with Crippen LogP contribution in [0.15, 0.2) is 84.1 Å². The minimum Gasteiger partial charge on any atom is -0.491 e. The van der Waals surface area contributed by atoms with E-state index in [9.17, 15) is 4.79 Å². The molecule has 1 heterocycles. The normalized spacial score (nSPS) is 11.6.